The Morgan fingerprint density at radius 2 is 1.74 bits per heavy atom. The maximum Gasteiger partial charge on any atom is 0.242 e. The number of halogens is 1. The molecule has 1 atom stereocenters. The molecule has 0 aromatic heterocycles. The molecule has 0 unspecified atom stereocenters. The predicted octanol–water partition coefficient (Wildman–Crippen LogP) is 5.44. The Balaban J connectivity index is 1.48. The summed E-state index contributed by atoms with van der Waals surface area (Å²) < 4.78 is 29.5. The molecule has 1 heterocycles. The molecule has 0 radical (unpaired) electrons. The second kappa shape index (κ2) is 13.1. The van der Waals surface area contributed by atoms with Crippen LogP contribution in [0.1, 0.15) is 18.9 Å². The number of amidine groups is 1. The van der Waals surface area contributed by atoms with E-state index in [0.29, 0.717) is 53.4 Å². The van der Waals surface area contributed by atoms with Gasteiger partial charge in [0.25, 0.3) is 0 Å². The fourth-order valence-corrected chi connectivity index (χ4v) is 5.20. The van der Waals surface area contributed by atoms with Crippen LogP contribution in [0.25, 0.3) is 0 Å². The molecule has 1 fully saturated rings. The van der Waals surface area contributed by atoms with Gasteiger partial charge in [0, 0.05) is 18.7 Å². The summed E-state index contributed by atoms with van der Waals surface area (Å²) in [5.74, 6) is 1.07. The average molecular weight is 552 g/mol. The lowest BCUT2D eigenvalue weighted by Gasteiger charge is -2.17. The van der Waals surface area contributed by atoms with Crippen molar-refractivity contribution in [3.8, 4) is 17.2 Å². The fraction of sp³-hybridized carbons (Fsp3) is 0.276. The van der Waals surface area contributed by atoms with Crippen LogP contribution in [-0.2, 0) is 16.0 Å². The zero-order valence-electron chi connectivity index (χ0n) is 22.0. The highest BCUT2D eigenvalue weighted by molar-refractivity contribution is 8.15. The number of carbonyl (C=O) groups excluding carboxylic acids is 2. The van der Waals surface area contributed by atoms with Gasteiger partial charge in [0.05, 0.1) is 26.5 Å². The molecule has 39 heavy (non-hydrogen) atoms. The maximum absolute atomic E-state index is 13.4. The molecule has 1 saturated heterocycles. The molecule has 0 spiro atoms. The van der Waals surface area contributed by atoms with Gasteiger partial charge < -0.3 is 19.5 Å². The lowest BCUT2D eigenvalue weighted by Crippen LogP contribution is -2.35. The van der Waals surface area contributed by atoms with Gasteiger partial charge in [0.15, 0.2) is 16.7 Å². The van der Waals surface area contributed by atoms with Crippen molar-refractivity contribution in [2.24, 2.45) is 4.99 Å². The molecular formula is C29H30FN3O5S. The van der Waals surface area contributed by atoms with Gasteiger partial charge in [-0.15, -0.1) is 0 Å². The number of aliphatic imine (C=N–C) groups is 1. The van der Waals surface area contributed by atoms with Gasteiger partial charge in [0.1, 0.15) is 16.8 Å². The van der Waals surface area contributed by atoms with E-state index >= 15 is 0 Å². The van der Waals surface area contributed by atoms with E-state index in [1.54, 1.807) is 55.5 Å². The third-order valence-corrected chi connectivity index (χ3v) is 7.14. The van der Waals surface area contributed by atoms with Crippen molar-refractivity contribution >= 4 is 40.1 Å². The largest absolute Gasteiger partial charge is 0.494 e. The minimum absolute atomic E-state index is 0.0218. The van der Waals surface area contributed by atoms with Crippen molar-refractivity contribution < 1.29 is 28.2 Å². The van der Waals surface area contributed by atoms with Crippen LogP contribution in [-0.4, -0.2) is 54.5 Å². The number of nitrogens with zero attached hydrogens (tertiary/aromatic N) is 2. The number of ether oxygens (including phenoxy) is 3. The Kier molecular flexibility index (Phi) is 9.43. The van der Waals surface area contributed by atoms with Gasteiger partial charge >= 0.3 is 0 Å². The monoisotopic (exact) mass is 551 g/mol. The lowest BCUT2D eigenvalue weighted by molar-refractivity contribution is -0.128. The van der Waals surface area contributed by atoms with Gasteiger partial charge in [-0.3, -0.25) is 14.5 Å². The summed E-state index contributed by atoms with van der Waals surface area (Å²) in [6.45, 7) is 2.80. The van der Waals surface area contributed by atoms with E-state index in [2.05, 4.69) is 10.3 Å². The average Bonchev–Trinajstić information content (AvgIpc) is 3.22. The highest BCUT2D eigenvalue weighted by atomic mass is 32.2. The first-order valence-electron chi connectivity index (χ1n) is 12.5. The molecule has 8 nitrogen and oxygen atoms in total. The molecule has 2 amide bonds. The number of hydrogen-bond acceptors (Lipinski definition) is 7. The van der Waals surface area contributed by atoms with E-state index < -0.39 is 5.25 Å². The first-order chi connectivity index (χ1) is 18.9. The summed E-state index contributed by atoms with van der Waals surface area (Å²) in [5.41, 5.74) is 2.08. The Labute approximate surface area is 231 Å². The summed E-state index contributed by atoms with van der Waals surface area (Å²) >= 11 is 1.23. The molecule has 10 heteroatoms. The molecule has 3 aromatic carbocycles. The molecule has 1 N–H and O–H groups in total. The number of nitrogens with one attached hydrogen (secondary N) is 1. The minimum atomic E-state index is -0.641. The van der Waals surface area contributed by atoms with E-state index in [1.165, 1.54) is 23.9 Å². The summed E-state index contributed by atoms with van der Waals surface area (Å²) in [5, 5.41) is 2.66. The molecule has 4 rings (SSSR count). The van der Waals surface area contributed by atoms with Crippen molar-refractivity contribution in [1.82, 2.24) is 4.90 Å². The van der Waals surface area contributed by atoms with Crippen molar-refractivity contribution in [3.63, 3.8) is 0 Å². The normalized spacial score (nSPS) is 15.9. The predicted molar refractivity (Wildman–Crippen MR) is 151 cm³/mol. The van der Waals surface area contributed by atoms with E-state index in [1.807, 2.05) is 25.1 Å². The quantitative estimate of drug-likeness (QED) is 0.341. The van der Waals surface area contributed by atoms with E-state index in [0.717, 1.165) is 5.56 Å². The van der Waals surface area contributed by atoms with E-state index in [9.17, 15) is 14.0 Å². The number of anilines is 1. The number of rotatable bonds is 11. The highest BCUT2D eigenvalue weighted by Crippen LogP contribution is 2.33. The molecule has 1 aliphatic rings. The Hall–Kier alpha value is -4.05. The zero-order valence-corrected chi connectivity index (χ0v) is 22.8. The number of thioether (sulfide) groups is 1. The Morgan fingerprint density at radius 1 is 1.03 bits per heavy atom. The van der Waals surface area contributed by atoms with Gasteiger partial charge in [-0.1, -0.05) is 17.8 Å². The maximum atomic E-state index is 13.4. The van der Waals surface area contributed by atoms with Crippen LogP contribution < -0.4 is 19.5 Å². The van der Waals surface area contributed by atoms with Gasteiger partial charge in [-0.25, -0.2) is 9.38 Å². The SMILES string of the molecule is CCOc1ccc(NC(=O)C[C@H]2SC(=Nc3ccc(F)cc3)N(CCc3ccc(OC)c(OC)c3)C2=O)cc1. The molecule has 0 bridgehead atoms. The molecule has 3 aromatic rings. The number of hydrogen-bond donors (Lipinski definition) is 1. The Bertz CT molecular complexity index is 1330. The first-order valence-corrected chi connectivity index (χ1v) is 13.3. The van der Waals surface area contributed by atoms with Crippen LogP contribution in [0.3, 0.4) is 0 Å². The lowest BCUT2D eigenvalue weighted by atomic mass is 10.1. The van der Waals surface area contributed by atoms with Crippen LogP contribution in [0.4, 0.5) is 15.8 Å². The third-order valence-electron chi connectivity index (χ3n) is 5.96. The second-order valence-electron chi connectivity index (χ2n) is 8.62. The molecule has 1 aliphatic heterocycles. The van der Waals surface area contributed by atoms with Gasteiger partial charge in [-0.05, 0) is 79.6 Å². The second-order valence-corrected chi connectivity index (χ2v) is 9.79. The summed E-state index contributed by atoms with van der Waals surface area (Å²) in [7, 11) is 3.14. The summed E-state index contributed by atoms with van der Waals surface area (Å²) in [6.07, 6.45) is 0.506. The number of methoxy groups -OCH3 is 2. The first kappa shape index (κ1) is 28.0. The van der Waals surface area contributed by atoms with Crippen LogP contribution in [0.2, 0.25) is 0 Å². The molecular weight excluding hydrogens is 521 g/mol. The summed E-state index contributed by atoms with van der Waals surface area (Å²) in [6, 6.07) is 18.4. The topological polar surface area (TPSA) is 89.5 Å². The molecule has 204 valence electrons. The van der Waals surface area contributed by atoms with Crippen molar-refractivity contribution in [1.29, 1.82) is 0 Å². The van der Waals surface area contributed by atoms with E-state index in [4.69, 9.17) is 14.2 Å². The van der Waals surface area contributed by atoms with Gasteiger partial charge in [0.2, 0.25) is 11.8 Å². The number of amides is 2. The van der Waals surface area contributed by atoms with Crippen LogP contribution in [0, 0.1) is 5.82 Å². The molecule has 0 saturated carbocycles. The standard InChI is InChI=1S/C29H30FN3O5S/c1-4-38-23-12-10-21(11-13-23)31-27(34)18-26-28(35)33(29(39-26)32-22-8-6-20(30)7-9-22)16-15-19-5-14-24(36-2)25(17-19)37-3/h5-14,17,26H,4,15-16,18H2,1-3H3,(H,31,34)/t26-/m1/s1. The van der Waals surface area contributed by atoms with Gasteiger partial charge in [-0.2, -0.15) is 0 Å². The van der Waals surface area contributed by atoms with Crippen LogP contribution in [0.5, 0.6) is 17.2 Å². The smallest absolute Gasteiger partial charge is 0.242 e. The van der Waals surface area contributed by atoms with Crippen LogP contribution >= 0.6 is 11.8 Å². The van der Waals surface area contributed by atoms with E-state index in [-0.39, 0.29) is 24.1 Å². The minimum Gasteiger partial charge on any atom is -0.494 e. The zero-order chi connectivity index (χ0) is 27.8. The number of carbonyl (C=O) groups is 2. The van der Waals surface area contributed by atoms with Crippen molar-refractivity contribution in [2.75, 3.05) is 32.7 Å². The third kappa shape index (κ3) is 7.29. The Morgan fingerprint density at radius 3 is 2.41 bits per heavy atom. The fourth-order valence-electron chi connectivity index (χ4n) is 4.02. The van der Waals surface area contributed by atoms with Crippen LogP contribution in [0.15, 0.2) is 71.7 Å². The van der Waals surface area contributed by atoms with Crippen molar-refractivity contribution in [3.05, 3.63) is 78.1 Å². The summed E-state index contributed by atoms with van der Waals surface area (Å²) in [4.78, 5) is 32.4. The molecule has 0 aliphatic carbocycles. The van der Waals surface area contributed by atoms with Crippen molar-refractivity contribution in [2.45, 2.75) is 25.0 Å². The highest BCUT2D eigenvalue weighted by Gasteiger charge is 2.39. The number of benzene rings is 3.